The van der Waals surface area contributed by atoms with Crippen molar-refractivity contribution in [3.8, 4) is 0 Å². The smallest absolute Gasteiger partial charge is 0.224 e. The number of carbonyl (C=O) groups excluding carboxylic acids is 1. The first kappa shape index (κ1) is 11.2. The summed E-state index contributed by atoms with van der Waals surface area (Å²) >= 11 is 0. The molecule has 1 aliphatic heterocycles. The van der Waals surface area contributed by atoms with Crippen LogP contribution in [0, 0.1) is 11.8 Å². The first-order valence-corrected chi connectivity index (χ1v) is 5.76. The van der Waals surface area contributed by atoms with Crippen LogP contribution in [0.4, 0.5) is 0 Å². The molecule has 2 atom stereocenters. The lowest BCUT2D eigenvalue weighted by molar-refractivity contribution is -0.125. The lowest BCUT2D eigenvalue weighted by Crippen LogP contribution is -2.33. The molecule has 1 aromatic rings. The van der Waals surface area contributed by atoms with Crippen molar-refractivity contribution in [1.29, 1.82) is 0 Å². The van der Waals surface area contributed by atoms with Crippen LogP contribution in [0.15, 0.2) is 18.5 Å². The SMILES string of the molecule is CC1CNCC1C(=O)NCc1ccn(C)c1. The number of hydrogen-bond donors (Lipinski definition) is 2. The molecule has 2 heterocycles. The van der Waals surface area contributed by atoms with Crippen molar-refractivity contribution < 1.29 is 4.79 Å². The van der Waals surface area contributed by atoms with Gasteiger partial charge in [-0.15, -0.1) is 0 Å². The number of rotatable bonds is 3. The fourth-order valence-electron chi connectivity index (χ4n) is 2.15. The van der Waals surface area contributed by atoms with Gasteiger partial charge in [0.25, 0.3) is 0 Å². The molecule has 2 rings (SSSR count). The van der Waals surface area contributed by atoms with Crippen molar-refractivity contribution in [2.75, 3.05) is 13.1 Å². The lowest BCUT2D eigenvalue weighted by Gasteiger charge is -2.13. The molecule has 2 unspecified atom stereocenters. The van der Waals surface area contributed by atoms with Gasteiger partial charge in [0, 0.05) is 32.5 Å². The van der Waals surface area contributed by atoms with E-state index in [1.807, 2.05) is 30.1 Å². The summed E-state index contributed by atoms with van der Waals surface area (Å²) in [5.74, 6) is 0.737. The normalized spacial score (nSPS) is 24.6. The van der Waals surface area contributed by atoms with Crippen LogP contribution in [0.3, 0.4) is 0 Å². The highest BCUT2D eigenvalue weighted by Crippen LogP contribution is 2.15. The van der Waals surface area contributed by atoms with Crippen molar-refractivity contribution in [1.82, 2.24) is 15.2 Å². The van der Waals surface area contributed by atoms with Crippen molar-refractivity contribution in [2.45, 2.75) is 13.5 Å². The third-order valence-electron chi connectivity index (χ3n) is 3.21. The Morgan fingerprint density at radius 2 is 2.44 bits per heavy atom. The molecule has 0 radical (unpaired) electrons. The van der Waals surface area contributed by atoms with Crippen LogP contribution in [0.1, 0.15) is 12.5 Å². The summed E-state index contributed by atoms with van der Waals surface area (Å²) in [5.41, 5.74) is 1.15. The summed E-state index contributed by atoms with van der Waals surface area (Å²) < 4.78 is 1.99. The number of carbonyl (C=O) groups is 1. The van der Waals surface area contributed by atoms with E-state index in [0.717, 1.165) is 18.7 Å². The van der Waals surface area contributed by atoms with Gasteiger partial charge in [0.1, 0.15) is 0 Å². The molecule has 0 aromatic carbocycles. The summed E-state index contributed by atoms with van der Waals surface area (Å²) in [4.78, 5) is 11.9. The molecule has 16 heavy (non-hydrogen) atoms. The second-order valence-corrected chi connectivity index (χ2v) is 4.65. The second kappa shape index (κ2) is 4.70. The monoisotopic (exact) mass is 221 g/mol. The van der Waals surface area contributed by atoms with Crippen LogP contribution < -0.4 is 10.6 Å². The highest BCUT2D eigenvalue weighted by molar-refractivity contribution is 5.79. The number of aromatic nitrogens is 1. The van der Waals surface area contributed by atoms with Gasteiger partial charge in [-0.05, 0) is 24.1 Å². The molecule has 0 saturated carbocycles. The lowest BCUT2D eigenvalue weighted by atomic mass is 9.97. The second-order valence-electron chi connectivity index (χ2n) is 4.65. The number of nitrogens with one attached hydrogen (secondary N) is 2. The third-order valence-corrected chi connectivity index (χ3v) is 3.21. The van der Waals surface area contributed by atoms with Gasteiger partial charge < -0.3 is 15.2 Å². The topological polar surface area (TPSA) is 46.1 Å². The summed E-state index contributed by atoms with van der Waals surface area (Å²) in [7, 11) is 1.98. The highest BCUT2D eigenvalue weighted by atomic mass is 16.1. The Morgan fingerprint density at radius 1 is 1.62 bits per heavy atom. The minimum absolute atomic E-state index is 0.128. The minimum atomic E-state index is 0.128. The van der Waals surface area contributed by atoms with Gasteiger partial charge in [0.15, 0.2) is 0 Å². The van der Waals surface area contributed by atoms with Crippen LogP contribution in [-0.2, 0) is 18.4 Å². The molecule has 1 aromatic heterocycles. The Hall–Kier alpha value is -1.29. The van der Waals surface area contributed by atoms with Crippen molar-refractivity contribution in [3.05, 3.63) is 24.0 Å². The van der Waals surface area contributed by atoms with Crippen LogP contribution in [0.2, 0.25) is 0 Å². The number of nitrogens with zero attached hydrogens (tertiary/aromatic N) is 1. The predicted molar refractivity (Wildman–Crippen MR) is 62.8 cm³/mol. The first-order chi connectivity index (χ1) is 7.66. The zero-order valence-corrected chi connectivity index (χ0v) is 9.86. The van der Waals surface area contributed by atoms with E-state index in [-0.39, 0.29) is 11.8 Å². The molecular weight excluding hydrogens is 202 g/mol. The zero-order valence-electron chi connectivity index (χ0n) is 9.86. The Balaban J connectivity index is 1.83. The minimum Gasteiger partial charge on any atom is -0.357 e. The average molecular weight is 221 g/mol. The Kier molecular flexibility index (Phi) is 3.29. The number of aryl methyl sites for hydroxylation is 1. The summed E-state index contributed by atoms with van der Waals surface area (Å²) in [6.07, 6.45) is 4.01. The van der Waals surface area contributed by atoms with E-state index in [4.69, 9.17) is 0 Å². The van der Waals surface area contributed by atoms with Crippen LogP contribution in [-0.4, -0.2) is 23.6 Å². The van der Waals surface area contributed by atoms with Gasteiger partial charge in [-0.1, -0.05) is 6.92 Å². The Bertz CT molecular complexity index is 372. The van der Waals surface area contributed by atoms with E-state index in [1.54, 1.807) is 0 Å². The first-order valence-electron chi connectivity index (χ1n) is 5.76. The maximum atomic E-state index is 11.9. The van der Waals surface area contributed by atoms with Gasteiger partial charge in [0.2, 0.25) is 5.91 Å². The summed E-state index contributed by atoms with van der Waals surface area (Å²) in [5, 5.41) is 6.23. The highest BCUT2D eigenvalue weighted by Gasteiger charge is 2.29. The van der Waals surface area contributed by atoms with Crippen molar-refractivity contribution in [3.63, 3.8) is 0 Å². The largest absolute Gasteiger partial charge is 0.357 e. The van der Waals surface area contributed by atoms with Gasteiger partial charge in [-0.25, -0.2) is 0 Å². The number of hydrogen-bond acceptors (Lipinski definition) is 2. The molecule has 0 bridgehead atoms. The third kappa shape index (κ3) is 2.44. The summed E-state index contributed by atoms with van der Waals surface area (Å²) in [6.45, 7) is 4.50. The van der Waals surface area contributed by atoms with Crippen molar-refractivity contribution >= 4 is 5.91 Å². The van der Waals surface area contributed by atoms with E-state index >= 15 is 0 Å². The van der Waals surface area contributed by atoms with E-state index in [1.165, 1.54) is 0 Å². The molecule has 2 N–H and O–H groups in total. The number of amides is 1. The molecule has 4 heteroatoms. The standard InChI is InChI=1S/C12H19N3O/c1-9-5-13-7-11(9)12(16)14-6-10-3-4-15(2)8-10/h3-4,8-9,11,13H,5-7H2,1-2H3,(H,14,16). The van der Waals surface area contributed by atoms with E-state index in [0.29, 0.717) is 12.5 Å². The van der Waals surface area contributed by atoms with Gasteiger partial charge in [-0.2, -0.15) is 0 Å². The Labute approximate surface area is 96.0 Å². The fourth-order valence-corrected chi connectivity index (χ4v) is 2.15. The van der Waals surface area contributed by atoms with Gasteiger partial charge in [0.05, 0.1) is 5.92 Å². The molecule has 0 aliphatic carbocycles. The zero-order chi connectivity index (χ0) is 11.5. The molecule has 0 spiro atoms. The molecular formula is C12H19N3O. The maximum absolute atomic E-state index is 11.9. The van der Waals surface area contributed by atoms with E-state index in [2.05, 4.69) is 17.6 Å². The van der Waals surface area contributed by atoms with Gasteiger partial charge in [-0.3, -0.25) is 4.79 Å². The maximum Gasteiger partial charge on any atom is 0.224 e. The Morgan fingerprint density at radius 3 is 3.00 bits per heavy atom. The van der Waals surface area contributed by atoms with Crippen LogP contribution in [0.25, 0.3) is 0 Å². The van der Waals surface area contributed by atoms with Crippen LogP contribution in [0.5, 0.6) is 0 Å². The summed E-state index contributed by atoms with van der Waals surface area (Å²) in [6, 6.07) is 2.02. The van der Waals surface area contributed by atoms with E-state index in [9.17, 15) is 4.79 Å². The quantitative estimate of drug-likeness (QED) is 0.780. The van der Waals surface area contributed by atoms with E-state index < -0.39 is 0 Å². The molecule has 1 fully saturated rings. The molecule has 4 nitrogen and oxygen atoms in total. The molecule has 1 amide bonds. The molecule has 1 saturated heterocycles. The van der Waals surface area contributed by atoms with Crippen LogP contribution >= 0.6 is 0 Å². The average Bonchev–Trinajstić information content (AvgIpc) is 2.84. The van der Waals surface area contributed by atoms with Crippen molar-refractivity contribution in [2.24, 2.45) is 18.9 Å². The predicted octanol–water partition coefficient (Wildman–Crippen LogP) is 0.497. The van der Waals surface area contributed by atoms with Gasteiger partial charge >= 0.3 is 0 Å². The molecule has 88 valence electrons. The fraction of sp³-hybridized carbons (Fsp3) is 0.583. The molecule has 1 aliphatic rings.